The van der Waals surface area contributed by atoms with Crippen molar-refractivity contribution in [3.05, 3.63) is 12.2 Å². The highest BCUT2D eigenvalue weighted by Gasteiger charge is 2.59. The Bertz CT molecular complexity index is 319. The number of hydrogen-bond acceptors (Lipinski definition) is 3. The number of hydrogen-bond donors (Lipinski definition) is 0. The fraction of sp³-hybridized carbons (Fsp3) is 0.600. The van der Waals surface area contributed by atoms with E-state index in [4.69, 9.17) is 4.84 Å². The van der Waals surface area contributed by atoms with Crippen LogP contribution in [0.2, 0.25) is 0 Å². The number of fused-ring (bicyclic) bond motifs is 5. The molecule has 1 saturated carbocycles. The molecular formula is C10H11NO3. The molecule has 3 rings (SSSR count). The summed E-state index contributed by atoms with van der Waals surface area (Å²) in [4.78, 5) is 28.3. The van der Waals surface area contributed by atoms with E-state index in [1.807, 2.05) is 0 Å². The van der Waals surface area contributed by atoms with Crippen LogP contribution in [0.5, 0.6) is 0 Å². The minimum absolute atomic E-state index is 0.141. The summed E-state index contributed by atoms with van der Waals surface area (Å²) in [5.41, 5.74) is 0. The summed E-state index contributed by atoms with van der Waals surface area (Å²) in [6, 6.07) is 0. The molecule has 1 heterocycles. The first kappa shape index (κ1) is 8.17. The third-order valence-electron chi connectivity index (χ3n) is 3.61. The van der Waals surface area contributed by atoms with E-state index < -0.39 is 0 Å². The van der Waals surface area contributed by atoms with Crippen LogP contribution in [-0.4, -0.2) is 24.0 Å². The number of imide groups is 1. The zero-order chi connectivity index (χ0) is 9.87. The molecule has 0 radical (unpaired) electrons. The zero-order valence-corrected chi connectivity index (χ0v) is 7.84. The molecule has 0 aromatic carbocycles. The third-order valence-corrected chi connectivity index (χ3v) is 3.61. The molecular weight excluding hydrogens is 182 g/mol. The lowest BCUT2D eigenvalue weighted by molar-refractivity contribution is -0.182. The van der Waals surface area contributed by atoms with Gasteiger partial charge in [-0.3, -0.25) is 14.4 Å². The zero-order valence-electron chi connectivity index (χ0n) is 7.84. The van der Waals surface area contributed by atoms with Crippen LogP contribution >= 0.6 is 0 Å². The van der Waals surface area contributed by atoms with Crippen LogP contribution in [0, 0.1) is 23.7 Å². The summed E-state index contributed by atoms with van der Waals surface area (Å²) in [6.07, 6.45) is 5.09. The second kappa shape index (κ2) is 2.45. The fourth-order valence-corrected chi connectivity index (χ4v) is 3.05. The SMILES string of the molecule is CON1C(=O)[C@H]2[C@H](C1=O)[C@H]1C=C[C@H]2C1. The molecule has 0 N–H and O–H groups in total. The van der Waals surface area contributed by atoms with Crippen LogP contribution in [0.1, 0.15) is 6.42 Å². The number of hydroxylamine groups is 2. The summed E-state index contributed by atoms with van der Waals surface area (Å²) >= 11 is 0. The maximum Gasteiger partial charge on any atom is 0.258 e. The van der Waals surface area contributed by atoms with Gasteiger partial charge in [0.15, 0.2) is 0 Å². The molecule has 4 atom stereocenters. The van der Waals surface area contributed by atoms with Crippen molar-refractivity contribution < 1.29 is 14.4 Å². The Morgan fingerprint density at radius 2 is 1.71 bits per heavy atom. The van der Waals surface area contributed by atoms with Gasteiger partial charge in [-0.1, -0.05) is 12.2 Å². The van der Waals surface area contributed by atoms with Crippen molar-refractivity contribution >= 4 is 11.8 Å². The fourth-order valence-electron chi connectivity index (χ4n) is 3.05. The number of carbonyl (C=O) groups excluding carboxylic acids is 2. The predicted molar refractivity (Wildman–Crippen MR) is 46.6 cm³/mol. The van der Waals surface area contributed by atoms with Crippen molar-refractivity contribution in [1.82, 2.24) is 5.06 Å². The van der Waals surface area contributed by atoms with Gasteiger partial charge in [0.05, 0.1) is 18.9 Å². The summed E-state index contributed by atoms with van der Waals surface area (Å²) in [5.74, 6) is -0.0585. The van der Waals surface area contributed by atoms with E-state index in [0.29, 0.717) is 0 Å². The maximum absolute atomic E-state index is 11.8. The molecule has 0 spiro atoms. The van der Waals surface area contributed by atoms with Crippen LogP contribution in [0.25, 0.3) is 0 Å². The lowest BCUT2D eigenvalue weighted by Crippen LogP contribution is -2.31. The molecule has 14 heavy (non-hydrogen) atoms. The van der Waals surface area contributed by atoms with Gasteiger partial charge >= 0.3 is 0 Å². The molecule has 0 unspecified atom stereocenters. The van der Waals surface area contributed by atoms with Crippen LogP contribution < -0.4 is 0 Å². The van der Waals surface area contributed by atoms with Gasteiger partial charge in [-0.2, -0.15) is 5.06 Å². The Hall–Kier alpha value is -1.16. The highest BCUT2D eigenvalue weighted by Crippen LogP contribution is 2.52. The highest BCUT2D eigenvalue weighted by molar-refractivity contribution is 6.05. The topological polar surface area (TPSA) is 46.6 Å². The Kier molecular flexibility index (Phi) is 1.43. The highest BCUT2D eigenvalue weighted by atomic mass is 16.7. The third kappa shape index (κ3) is 0.733. The van der Waals surface area contributed by atoms with Crippen LogP contribution in [-0.2, 0) is 14.4 Å². The van der Waals surface area contributed by atoms with E-state index >= 15 is 0 Å². The second-order valence-electron chi connectivity index (χ2n) is 4.15. The van der Waals surface area contributed by atoms with Crippen LogP contribution in [0.3, 0.4) is 0 Å². The van der Waals surface area contributed by atoms with E-state index in [-0.39, 0.29) is 35.5 Å². The summed E-state index contributed by atoms with van der Waals surface area (Å²) < 4.78 is 0. The molecule has 0 aromatic rings. The molecule has 2 bridgehead atoms. The standard InChI is InChI=1S/C10H11NO3/c1-14-11-9(12)7-5-2-3-6(4-5)8(7)10(11)13/h2-3,5-8H,4H2,1H3/t5-,6-,7+,8+/m0/s1. The van der Waals surface area contributed by atoms with Crippen LogP contribution in [0.4, 0.5) is 0 Å². The van der Waals surface area contributed by atoms with Crippen molar-refractivity contribution in [2.24, 2.45) is 23.7 Å². The van der Waals surface area contributed by atoms with Gasteiger partial charge in [0.1, 0.15) is 0 Å². The van der Waals surface area contributed by atoms with Gasteiger partial charge in [0.2, 0.25) is 0 Å². The molecule has 1 saturated heterocycles. The number of rotatable bonds is 1. The molecule has 3 aliphatic rings. The summed E-state index contributed by atoms with van der Waals surface area (Å²) in [6.45, 7) is 0. The second-order valence-corrected chi connectivity index (χ2v) is 4.15. The number of allylic oxidation sites excluding steroid dienone is 2. The van der Waals surface area contributed by atoms with E-state index in [1.165, 1.54) is 7.11 Å². The molecule has 4 nitrogen and oxygen atoms in total. The average molecular weight is 193 g/mol. The van der Waals surface area contributed by atoms with Gasteiger partial charge in [0, 0.05) is 0 Å². The quantitative estimate of drug-likeness (QED) is 0.446. The van der Waals surface area contributed by atoms with Gasteiger partial charge < -0.3 is 0 Å². The van der Waals surface area contributed by atoms with Crippen molar-refractivity contribution in [2.45, 2.75) is 6.42 Å². The van der Waals surface area contributed by atoms with Crippen molar-refractivity contribution in [2.75, 3.05) is 7.11 Å². The van der Waals surface area contributed by atoms with Crippen molar-refractivity contribution in [3.63, 3.8) is 0 Å². The van der Waals surface area contributed by atoms with Gasteiger partial charge in [-0.25, -0.2) is 0 Å². The molecule has 2 fully saturated rings. The van der Waals surface area contributed by atoms with Gasteiger partial charge in [0.25, 0.3) is 11.8 Å². The van der Waals surface area contributed by atoms with Crippen LogP contribution in [0.15, 0.2) is 12.2 Å². The number of nitrogens with zero attached hydrogens (tertiary/aromatic N) is 1. The molecule has 2 aliphatic carbocycles. The number of carbonyl (C=O) groups is 2. The molecule has 74 valence electrons. The smallest absolute Gasteiger partial charge is 0.258 e. The first-order valence-corrected chi connectivity index (χ1v) is 4.84. The predicted octanol–water partition coefficient (Wildman–Crippen LogP) is 0.355. The largest absolute Gasteiger partial charge is 0.272 e. The Morgan fingerprint density at radius 1 is 1.21 bits per heavy atom. The Morgan fingerprint density at radius 3 is 2.14 bits per heavy atom. The van der Waals surface area contributed by atoms with E-state index in [2.05, 4.69) is 12.2 Å². The van der Waals surface area contributed by atoms with Crippen molar-refractivity contribution in [1.29, 1.82) is 0 Å². The van der Waals surface area contributed by atoms with Crippen molar-refractivity contribution in [3.8, 4) is 0 Å². The van der Waals surface area contributed by atoms with E-state index in [1.54, 1.807) is 0 Å². The molecule has 0 aromatic heterocycles. The minimum Gasteiger partial charge on any atom is -0.272 e. The first-order chi connectivity index (χ1) is 6.74. The van der Waals surface area contributed by atoms with Gasteiger partial charge in [-0.05, 0) is 18.3 Å². The number of amides is 2. The van der Waals surface area contributed by atoms with Gasteiger partial charge in [-0.15, -0.1) is 0 Å². The average Bonchev–Trinajstić information content (AvgIpc) is 2.80. The monoisotopic (exact) mass is 193 g/mol. The molecule has 1 aliphatic heterocycles. The minimum atomic E-state index is -0.153. The summed E-state index contributed by atoms with van der Waals surface area (Å²) in [7, 11) is 1.37. The van der Waals surface area contributed by atoms with E-state index in [0.717, 1.165) is 11.5 Å². The molecule has 4 heteroatoms. The Balaban J connectivity index is 2.02. The lowest BCUT2D eigenvalue weighted by Gasteiger charge is -2.13. The Labute approximate surface area is 81.5 Å². The first-order valence-electron chi connectivity index (χ1n) is 4.84. The van der Waals surface area contributed by atoms with E-state index in [9.17, 15) is 9.59 Å². The summed E-state index contributed by atoms with van der Waals surface area (Å²) in [5, 5.41) is 0.932. The lowest BCUT2D eigenvalue weighted by atomic mass is 9.85. The molecule has 2 amide bonds. The normalized spacial score (nSPS) is 43.9. The maximum atomic E-state index is 11.8.